The van der Waals surface area contributed by atoms with Crippen molar-refractivity contribution in [1.29, 1.82) is 0 Å². The number of carbonyl (C=O) groups excluding carboxylic acids is 2. The number of fused-ring (bicyclic) bond motifs is 1. The van der Waals surface area contributed by atoms with Crippen LogP contribution in [-0.2, 0) is 0 Å². The molecule has 0 radical (unpaired) electrons. The van der Waals surface area contributed by atoms with Gasteiger partial charge in [-0.05, 0) is 48.0 Å². The second kappa shape index (κ2) is 7.70. The maximum Gasteiger partial charge on any atom is 0.346 e. The molecule has 0 bridgehead atoms. The number of hydrogen-bond donors (Lipinski definition) is 0. The van der Waals surface area contributed by atoms with Gasteiger partial charge in [0.05, 0.1) is 21.2 Å². The zero-order chi connectivity index (χ0) is 20.5. The van der Waals surface area contributed by atoms with E-state index in [-0.39, 0.29) is 28.6 Å². The zero-order valence-electron chi connectivity index (χ0n) is 14.6. The van der Waals surface area contributed by atoms with E-state index in [9.17, 15) is 14.0 Å². The second-order valence-corrected chi connectivity index (χ2v) is 6.96. The minimum absolute atomic E-state index is 0.0935. The number of hydrogen-bond acceptors (Lipinski definition) is 4. The molecule has 0 N–H and O–H groups in total. The number of benzene rings is 3. The van der Waals surface area contributed by atoms with Crippen molar-refractivity contribution in [2.75, 3.05) is 0 Å². The topological polar surface area (TPSA) is 52.6 Å². The highest BCUT2D eigenvalue weighted by Crippen LogP contribution is 2.35. The Bertz CT molecular complexity index is 1190. The fourth-order valence-corrected chi connectivity index (χ4v) is 3.08. The molecule has 1 aliphatic heterocycles. The Labute approximate surface area is 175 Å². The molecule has 1 heterocycles. The van der Waals surface area contributed by atoms with Crippen LogP contribution in [0.4, 0.5) is 4.39 Å². The van der Waals surface area contributed by atoms with Crippen molar-refractivity contribution in [3.63, 3.8) is 0 Å². The normalized spacial score (nSPS) is 13.9. The first kappa shape index (κ1) is 19.2. The largest absolute Gasteiger partial charge is 0.452 e. The predicted molar refractivity (Wildman–Crippen MR) is 107 cm³/mol. The molecule has 3 aromatic carbocycles. The molecule has 0 unspecified atom stereocenters. The summed E-state index contributed by atoms with van der Waals surface area (Å²) in [6, 6.07) is 14.8. The van der Waals surface area contributed by atoms with Crippen LogP contribution in [0.5, 0.6) is 11.5 Å². The molecule has 3 aromatic rings. The number of carbonyl (C=O) groups is 2. The molecule has 0 aromatic heterocycles. The molecule has 0 fully saturated rings. The molecule has 144 valence electrons. The SMILES string of the molecule is O=C(Oc1ccc2c(c1)OC(=Cc1ccc(Cl)c(Cl)c1)C2=O)c1ccccc1F. The summed E-state index contributed by atoms with van der Waals surface area (Å²) < 4.78 is 24.5. The third-order valence-corrected chi connectivity index (χ3v) is 4.93. The molecular formula is C22H11Cl2FO4. The van der Waals surface area contributed by atoms with Gasteiger partial charge in [0.1, 0.15) is 17.3 Å². The highest BCUT2D eigenvalue weighted by Gasteiger charge is 2.28. The molecule has 0 saturated heterocycles. The lowest BCUT2D eigenvalue weighted by Gasteiger charge is -2.06. The maximum atomic E-state index is 13.7. The fraction of sp³-hybridized carbons (Fsp3) is 0. The summed E-state index contributed by atoms with van der Waals surface area (Å²) in [5.41, 5.74) is 0.772. The van der Waals surface area contributed by atoms with Gasteiger partial charge in [0.2, 0.25) is 5.78 Å². The van der Waals surface area contributed by atoms with Crippen LogP contribution in [-0.4, -0.2) is 11.8 Å². The summed E-state index contributed by atoms with van der Waals surface area (Å²) in [7, 11) is 0. The van der Waals surface area contributed by atoms with Gasteiger partial charge in [0, 0.05) is 6.07 Å². The summed E-state index contributed by atoms with van der Waals surface area (Å²) in [5.74, 6) is -1.40. The molecule has 0 amide bonds. The standard InChI is InChI=1S/C22H11Cl2FO4/c23-16-8-5-12(9-17(16)24)10-20-21(26)15-7-6-13(11-19(15)29-20)28-22(27)14-3-1-2-4-18(14)25/h1-11H. The Kier molecular flexibility index (Phi) is 5.09. The number of rotatable bonds is 3. The number of halogens is 3. The van der Waals surface area contributed by atoms with Crippen molar-refractivity contribution in [3.05, 3.63) is 99.0 Å². The van der Waals surface area contributed by atoms with Gasteiger partial charge in [-0.3, -0.25) is 4.79 Å². The third-order valence-electron chi connectivity index (χ3n) is 4.19. The van der Waals surface area contributed by atoms with Crippen LogP contribution in [0, 0.1) is 5.82 Å². The minimum atomic E-state index is -0.848. The monoisotopic (exact) mass is 428 g/mol. The lowest BCUT2D eigenvalue weighted by Crippen LogP contribution is -2.10. The minimum Gasteiger partial charge on any atom is -0.452 e. The Hall–Kier alpha value is -3.15. The van der Waals surface area contributed by atoms with Crippen LogP contribution in [0.1, 0.15) is 26.3 Å². The van der Waals surface area contributed by atoms with Crippen molar-refractivity contribution in [1.82, 2.24) is 0 Å². The average Bonchev–Trinajstić information content (AvgIpc) is 3.00. The highest BCUT2D eigenvalue weighted by atomic mass is 35.5. The van der Waals surface area contributed by atoms with Gasteiger partial charge in [-0.25, -0.2) is 9.18 Å². The molecule has 7 heteroatoms. The summed E-state index contributed by atoms with van der Waals surface area (Å²) in [5, 5.41) is 0.753. The van der Waals surface area contributed by atoms with Crippen LogP contribution in [0.15, 0.2) is 66.4 Å². The molecule has 0 atom stereocenters. The fourth-order valence-electron chi connectivity index (χ4n) is 2.77. The van der Waals surface area contributed by atoms with Crippen LogP contribution in [0.25, 0.3) is 6.08 Å². The lowest BCUT2D eigenvalue weighted by molar-refractivity contribution is 0.0729. The molecule has 0 spiro atoms. The van der Waals surface area contributed by atoms with Gasteiger partial charge < -0.3 is 9.47 Å². The predicted octanol–water partition coefficient (Wildman–Crippen LogP) is 5.97. The summed E-state index contributed by atoms with van der Waals surface area (Å²) in [4.78, 5) is 24.7. The van der Waals surface area contributed by atoms with Crippen LogP contribution >= 0.6 is 23.2 Å². The first-order chi connectivity index (χ1) is 13.9. The van der Waals surface area contributed by atoms with Crippen molar-refractivity contribution >= 4 is 41.0 Å². The van der Waals surface area contributed by atoms with Gasteiger partial charge in [-0.2, -0.15) is 0 Å². The van der Waals surface area contributed by atoms with Crippen molar-refractivity contribution in [2.24, 2.45) is 0 Å². The van der Waals surface area contributed by atoms with E-state index in [1.165, 1.54) is 48.5 Å². The summed E-state index contributed by atoms with van der Waals surface area (Å²) in [6.07, 6.45) is 1.54. The zero-order valence-corrected chi connectivity index (χ0v) is 16.1. The summed E-state index contributed by atoms with van der Waals surface area (Å²) >= 11 is 11.9. The van der Waals surface area contributed by atoms with E-state index in [0.717, 1.165) is 0 Å². The number of esters is 1. The quantitative estimate of drug-likeness (QED) is 0.293. The summed E-state index contributed by atoms with van der Waals surface area (Å²) in [6.45, 7) is 0. The molecule has 4 nitrogen and oxygen atoms in total. The Morgan fingerprint density at radius 3 is 2.55 bits per heavy atom. The Morgan fingerprint density at radius 1 is 1.00 bits per heavy atom. The highest BCUT2D eigenvalue weighted by molar-refractivity contribution is 6.42. The molecule has 29 heavy (non-hydrogen) atoms. The smallest absolute Gasteiger partial charge is 0.346 e. The van der Waals surface area contributed by atoms with E-state index < -0.39 is 11.8 Å². The lowest BCUT2D eigenvalue weighted by atomic mass is 10.1. The average molecular weight is 429 g/mol. The van der Waals surface area contributed by atoms with E-state index in [4.69, 9.17) is 32.7 Å². The Balaban J connectivity index is 1.57. The van der Waals surface area contributed by atoms with E-state index >= 15 is 0 Å². The molecule has 0 saturated carbocycles. The molecule has 0 aliphatic carbocycles. The first-order valence-electron chi connectivity index (χ1n) is 8.42. The van der Waals surface area contributed by atoms with Crippen molar-refractivity contribution in [3.8, 4) is 11.5 Å². The van der Waals surface area contributed by atoms with E-state index in [0.29, 0.717) is 21.2 Å². The molecule has 4 rings (SSSR count). The Morgan fingerprint density at radius 2 is 1.79 bits per heavy atom. The van der Waals surface area contributed by atoms with Crippen molar-refractivity contribution < 1.29 is 23.5 Å². The third kappa shape index (κ3) is 3.88. The van der Waals surface area contributed by atoms with Gasteiger partial charge in [0.25, 0.3) is 0 Å². The number of ether oxygens (including phenoxy) is 2. The number of Topliss-reactive ketones (excluding diaryl/α,β-unsaturated/α-hetero) is 1. The van der Waals surface area contributed by atoms with Gasteiger partial charge in [0.15, 0.2) is 5.76 Å². The van der Waals surface area contributed by atoms with Gasteiger partial charge >= 0.3 is 5.97 Å². The van der Waals surface area contributed by atoms with Crippen molar-refractivity contribution in [2.45, 2.75) is 0 Å². The van der Waals surface area contributed by atoms with Gasteiger partial charge in [-0.1, -0.05) is 41.4 Å². The van der Waals surface area contributed by atoms with Crippen LogP contribution in [0.3, 0.4) is 0 Å². The maximum absolute atomic E-state index is 13.7. The van der Waals surface area contributed by atoms with Crippen LogP contribution in [0.2, 0.25) is 10.0 Å². The second-order valence-electron chi connectivity index (χ2n) is 6.14. The molecular weight excluding hydrogens is 418 g/mol. The van der Waals surface area contributed by atoms with E-state index in [2.05, 4.69) is 0 Å². The number of allylic oxidation sites excluding steroid dienone is 1. The van der Waals surface area contributed by atoms with Gasteiger partial charge in [-0.15, -0.1) is 0 Å². The van der Waals surface area contributed by atoms with E-state index in [1.54, 1.807) is 18.2 Å². The van der Waals surface area contributed by atoms with Crippen LogP contribution < -0.4 is 9.47 Å². The first-order valence-corrected chi connectivity index (χ1v) is 9.18. The number of ketones is 1. The molecule has 1 aliphatic rings. The van der Waals surface area contributed by atoms with E-state index in [1.807, 2.05) is 0 Å².